The van der Waals surface area contributed by atoms with Gasteiger partial charge in [0, 0.05) is 5.69 Å². The third kappa shape index (κ3) is 1.20. The van der Waals surface area contributed by atoms with Gasteiger partial charge in [-0.05, 0) is 36.8 Å². The van der Waals surface area contributed by atoms with Crippen LogP contribution in [-0.2, 0) is 6.42 Å². The molecule has 2 nitrogen and oxygen atoms in total. The minimum absolute atomic E-state index is 0.924. The number of aryl methyl sites for hydroxylation is 2. The van der Waals surface area contributed by atoms with E-state index in [1.165, 1.54) is 11.1 Å². The van der Waals surface area contributed by atoms with E-state index in [-0.39, 0.29) is 0 Å². The molecule has 0 amide bonds. The van der Waals surface area contributed by atoms with Crippen LogP contribution in [-0.4, -0.2) is 4.98 Å². The van der Waals surface area contributed by atoms with Crippen molar-refractivity contribution in [2.45, 2.75) is 27.2 Å². The number of aromatic nitrogens is 1. The number of fused-ring (bicyclic) bond motifs is 1. The van der Waals surface area contributed by atoms with Gasteiger partial charge in [0.25, 0.3) is 0 Å². The van der Waals surface area contributed by atoms with Gasteiger partial charge in [0.15, 0.2) is 0 Å². The number of rotatable bonds is 1. The van der Waals surface area contributed by atoms with E-state index in [4.69, 9.17) is 5.73 Å². The molecular weight excluding hydrogens is 192 g/mol. The van der Waals surface area contributed by atoms with Crippen molar-refractivity contribution in [3.8, 4) is 0 Å². The summed E-state index contributed by atoms with van der Waals surface area (Å²) in [4.78, 5) is 4.60. The molecule has 0 saturated heterocycles. The van der Waals surface area contributed by atoms with Gasteiger partial charge in [-0.1, -0.05) is 6.92 Å². The minimum Gasteiger partial charge on any atom is -0.397 e. The van der Waals surface area contributed by atoms with Gasteiger partial charge < -0.3 is 5.73 Å². The van der Waals surface area contributed by atoms with Crippen molar-refractivity contribution in [1.29, 1.82) is 0 Å². The molecule has 2 heterocycles. The van der Waals surface area contributed by atoms with Crippen LogP contribution in [0.2, 0.25) is 0 Å². The lowest BCUT2D eigenvalue weighted by molar-refractivity contribution is 1.07. The molecule has 14 heavy (non-hydrogen) atoms. The summed E-state index contributed by atoms with van der Waals surface area (Å²) in [6.07, 6.45) is 0.956. The quantitative estimate of drug-likeness (QED) is 0.778. The fourth-order valence-electron chi connectivity index (χ4n) is 1.78. The second kappa shape index (κ2) is 3.24. The molecule has 0 saturated carbocycles. The van der Waals surface area contributed by atoms with E-state index in [1.807, 2.05) is 6.92 Å². The molecule has 0 unspecified atom stereocenters. The lowest BCUT2D eigenvalue weighted by Crippen LogP contribution is -1.99. The maximum atomic E-state index is 6.11. The number of hydrogen-bond acceptors (Lipinski definition) is 3. The van der Waals surface area contributed by atoms with Gasteiger partial charge in [-0.3, -0.25) is 4.98 Å². The van der Waals surface area contributed by atoms with Crippen molar-refractivity contribution in [3.63, 3.8) is 0 Å². The molecule has 3 heteroatoms. The molecule has 0 aromatic carbocycles. The summed E-state index contributed by atoms with van der Waals surface area (Å²) in [6.45, 7) is 6.23. The Balaban J connectivity index is 2.87. The largest absolute Gasteiger partial charge is 0.397 e. The zero-order valence-electron chi connectivity index (χ0n) is 8.72. The lowest BCUT2D eigenvalue weighted by atomic mass is 10.1. The Morgan fingerprint density at radius 2 is 2.14 bits per heavy atom. The van der Waals surface area contributed by atoms with Crippen LogP contribution in [0.15, 0.2) is 5.38 Å². The highest BCUT2D eigenvalue weighted by Gasteiger charge is 2.11. The predicted molar refractivity (Wildman–Crippen MR) is 62.9 cm³/mol. The molecular formula is C11H14N2S. The first kappa shape index (κ1) is 9.46. The molecule has 0 aliphatic carbocycles. The van der Waals surface area contributed by atoms with Crippen LogP contribution in [0.5, 0.6) is 0 Å². The molecule has 0 atom stereocenters. The Morgan fingerprint density at radius 1 is 1.43 bits per heavy atom. The van der Waals surface area contributed by atoms with Crippen LogP contribution >= 0.6 is 11.3 Å². The number of nitrogens with two attached hydrogens (primary N) is 1. The monoisotopic (exact) mass is 206 g/mol. The number of anilines is 1. The van der Waals surface area contributed by atoms with Crippen molar-refractivity contribution in [2.24, 2.45) is 0 Å². The zero-order valence-corrected chi connectivity index (χ0v) is 9.53. The lowest BCUT2D eigenvalue weighted by Gasteiger charge is -2.07. The summed E-state index contributed by atoms with van der Waals surface area (Å²) in [5.41, 5.74) is 11.6. The first-order chi connectivity index (χ1) is 6.65. The van der Waals surface area contributed by atoms with Crippen molar-refractivity contribution in [3.05, 3.63) is 22.2 Å². The van der Waals surface area contributed by atoms with Crippen molar-refractivity contribution in [2.75, 3.05) is 5.73 Å². The van der Waals surface area contributed by atoms with Crippen molar-refractivity contribution < 1.29 is 0 Å². The van der Waals surface area contributed by atoms with Gasteiger partial charge in [-0.15, -0.1) is 11.3 Å². The Bertz CT molecular complexity index is 485. The molecule has 2 aromatic heterocycles. The molecule has 0 radical (unpaired) electrons. The fourth-order valence-corrected chi connectivity index (χ4v) is 2.76. The van der Waals surface area contributed by atoms with Crippen LogP contribution in [0, 0.1) is 13.8 Å². The number of thiophene rings is 1. The van der Waals surface area contributed by atoms with Gasteiger partial charge in [-0.25, -0.2) is 0 Å². The molecule has 74 valence electrons. The van der Waals surface area contributed by atoms with Crippen LogP contribution < -0.4 is 5.73 Å². The molecule has 0 aliphatic heterocycles. The summed E-state index contributed by atoms with van der Waals surface area (Å²) in [7, 11) is 0. The maximum absolute atomic E-state index is 6.11. The first-order valence-corrected chi connectivity index (χ1v) is 5.65. The number of hydrogen-bond donors (Lipinski definition) is 1. The van der Waals surface area contributed by atoms with Gasteiger partial charge >= 0.3 is 0 Å². The summed E-state index contributed by atoms with van der Waals surface area (Å²) in [6, 6.07) is 0. The summed E-state index contributed by atoms with van der Waals surface area (Å²) >= 11 is 1.69. The van der Waals surface area contributed by atoms with E-state index in [0.29, 0.717) is 0 Å². The molecule has 0 bridgehead atoms. The third-order valence-corrected chi connectivity index (χ3v) is 3.70. The van der Waals surface area contributed by atoms with Crippen LogP contribution in [0.3, 0.4) is 0 Å². The van der Waals surface area contributed by atoms with Crippen LogP contribution in [0.1, 0.15) is 23.7 Å². The average Bonchev–Trinajstić information content (AvgIpc) is 2.49. The van der Waals surface area contributed by atoms with E-state index >= 15 is 0 Å². The van der Waals surface area contributed by atoms with Crippen molar-refractivity contribution >= 4 is 27.2 Å². The topological polar surface area (TPSA) is 38.9 Å². The average molecular weight is 206 g/mol. The number of pyridine rings is 1. The second-order valence-electron chi connectivity index (χ2n) is 3.54. The summed E-state index contributed by atoms with van der Waals surface area (Å²) in [5, 5.41) is 2.12. The van der Waals surface area contributed by atoms with Crippen LogP contribution in [0.25, 0.3) is 10.2 Å². The normalized spacial score (nSPS) is 11.1. The smallest absolute Gasteiger partial charge is 0.0863 e. The van der Waals surface area contributed by atoms with Crippen molar-refractivity contribution in [1.82, 2.24) is 4.98 Å². The van der Waals surface area contributed by atoms with E-state index in [9.17, 15) is 0 Å². The molecule has 0 spiro atoms. The number of nitrogen functional groups attached to an aromatic ring is 1. The Labute approximate surface area is 87.8 Å². The van der Waals surface area contributed by atoms with E-state index in [0.717, 1.165) is 28.0 Å². The van der Waals surface area contributed by atoms with Gasteiger partial charge in [0.2, 0.25) is 0 Å². The molecule has 0 aliphatic rings. The summed E-state index contributed by atoms with van der Waals surface area (Å²) in [5.74, 6) is 0. The maximum Gasteiger partial charge on any atom is 0.0863 e. The summed E-state index contributed by atoms with van der Waals surface area (Å²) < 4.78 is 1.14. The van der Waals surface area contributed by atoms with E-state index in [1.54, 1.807) is 11.3 Å². The highest BCUT2D eigenvalue weighted by atomic mass is 32.1. The van der Waals surface area contributed by atoms with E-state index < -0.39 is 0 Å². The highest BCUT2D eigenvalue weighted by Crippen LogP contribution is 2.32. The molecule has 2 N–H and O–H groups in total. The first-order valence-electron chi connectivity index (χ1n) is 4.78. The van der Waals surface area contributed by atoms with Gasteiger partial charge in [0.05, 0.1) is 15.9 Å². The minimum atomic E-state index is 0.924. The fraction of sp³-hybridized carbons (Fsp3) is 0.364. The predicted octanol–water partition coefficient (Wildman–Crippen LogP) is 3.06. The standard InChI is InChI=1S/C11H14N2S/c1-4-8-7(3)13-10-6(2)5-14-11(10)9(8)12/h5H,4H2,1-3H3,(H2,12,13). The Morgan fingerprint density at radius 3 is 2.79 bits per heavy atom. The van der Waals surface area contributed by atoms with E-state index in [2.05, 4.69) is 24.2 Å². The van der Waals surface area contributed by atoms with Crippen LogP contribution in [0.4, 0.5) is 5.69 Å². The third-order valence-electron chi connectivity index (χ3n) is 2.58. The van der Waals surface area contributed by atoms with Gasteiger partial charge in [-0.2, -0.15) is 0 Å². The molecule has 2 rings (SSSR count). The Kier molecular flexibility index (Phi) is 2.19. The molecule has 0 fully saturated rings. The second-order valence-corrected chi connectivity index (χ2v) is 4.42. The van der Waals surface area contributed by atoms with Gasteiger partial charge in [0.1, 0.15) is 0 Å². The zero-order chi connectivity index (χ0) is 10.3. The Hall–Kier alpha value is -1.09. The number of nitrogens with zero attached hydrogens (tertiary/aromatic N) is 1. The molecule has 2 aromatic rings. The SMILES string of the molecule is CCc1c(C)nc2c(C)csc2c1N. The highest BCUT2D eigenvalue weighted by molar-refractivity contribution is 7.18.